The third kappa shape index (κ3) is 2.59. The van der Waals surface area contributed by atoms with E-state index in [1.54, 1.807) is 6.07 Å². The molecule has 0 spiro atoms. The lowest BCUT2D eigenvalue weighted by Crippen LogP contribution is -2.05. The van der Waals surface area contributed by atoms with Gasteiger partial charge in [0.25, 0.3) is 0 Å². The molecule has 0 aliphatic rings. The summed E-state index contributed by atoms with van der Waals surface area (Å²) < 4.78 is 13.8. The van der Waals surface area contributed by atoms with Crippen LogP contribution in [0.1, 0.15) is 16.7 Å². The van der Waals surface area contributed by atoms with E-state index in [1.807, 2.05) is 31.2 Å². The number of hydrogen-bond acceptors (Lipinski definition) is 4. The molecule has 22 heavy (non-hydrogen) atoms. The summed E-state index contributed by atoms with van der Waals surface area (Å²) in [6.45, 7) is 2.23. The summed E-state index contributed by atoms with van der Waals surface area (Å²) in [5, 5.41) is 13.0. The van der Waals surface area contributed by atoms with Crippen molar-refractivity contribution in [3.8, 4) is 6.07 Å². The molecule has 1 N–H and O–H groups in total. The van der Waals surface area contributed by atoms with E-state index in [9.17, 15) is 4.39 Å². The van der Waals surface area contributed by atoms with Gasteiger partial charge in [-0.1, -0.05) is 12.1 Å². The number of nitrogens with one attached hydrogen (secondary N) is 1. The van der Waals surface area contributed by atoms with Crippen molar-refractivity contribution in [1.29, 1.82) is 5.26 Å². The van der Waals surface area contributed by atoms with E-state index >= 15 is 0 Å². The molecule has 1 heterocycles. The van der Waals surface area contributed by atoms with Gasteiger partial charge in [0.2, 0.25) is 0 Å². The molecular weight excluding hydrogens is 279 g/mol. The monoisotopic (exact) mass is 292 g/mol. The van der Waals surface area contributed by atoms with Gasteiger partial charge in [-0.05, 0) is 36.8 Å². The van der Waals surface area contributed by atoms with Crippen molar-refractivity contribution in [2.75, 3.05) is 5.32 Å². The van der Waals surface area contributed by atoms with Crippen LogP contribution in [-0.4, -0.2) is 9.97 Å². The van der Waals surface area contributed by atoms with Gasteiger partial charge in [0.1, 0.15) is 18.0 Å². The smallest absolute Gasteiger partial charge is 0.137 e. The summed E-state index contributed by atoms with van der Waals surface area (Å²) in [7, 11) is 0. The van der Waals surface area contributed by atoms with Crippen LogP contribution in [0, 0.1) is 24.1 Å². The SMILES string of the molecule is Cc1cccc2ncnc(NCc3cc(C#N)ccc3F)c12. The van der Waals surface area contributed by atoms with Gasteiger partial charge in [-0.2, -0.15) is 5.26 Å². The molecule has 0 amide bonds. The Labute approximate surface area is 127 Å². The summed E-state index contributed by atoms with van der Waals surface area (Å²) in [6, 6.07) is 12.1. The van der Waals surface area contributed by atoms with Gasteiger partial charge in [-0.3, -0.25) is 0 Å². The highest BCUT2D eigenvalue weighted by Gasteiger charge is 2.08. The Morgan fingerprint density at radius 2 is 2.09 bits per heavy atom. The van der Waals surface area contributed by atoms with E-state index in [2.05, 4.69) is 15.3 Å². The number of nitriles is 1. The molecule has 0 fully saturated rings. The fourth-order valence-electron chi connectivity index (χ4n) is 2.37. The van der Waals surface area contributed by atoms with E-state index in [4.69, 9.17) is 5.26 Å². The van der Waals surface area contributed by atoms with Crippen molar-refractivity contribution in [2.24, 2.45) is 0 Å². The second kappa shape index (κ2) is 5.78. The summed E-state index contributed by atoms with van der Waals surface area (Å²) in [6.07, 6.45) is 1.48. The fraction of sp³-hybridized carbons (Fsp3) is 0.118. The van der Waals surface area contributed by atoms with Gasteiger partial charge in [-0.25, -0.2) is 14.4 Å². The fourth-order valence-corrected chi connectivity index (χ4v) is 2.37. The second-order valence-corrected chi connectivity index (χ2v) is 4.96. The highest BCUT2D eigenvalue weighted by Crippen LogP contribution is 2.23. The van der Waals surface area contributed by atoms with Crippen LogP contribution in [0.4, 0.5) is 10.2 Å². The molecule has 3 rings (SSSR count). The first-order chi connectivity index (χ1) is 10.7. The number of aryl methyl sites for hydroxylation is 1. The Morgan fingerprint density at radius 3 is 2.91 bits per heavy atom. The number of fused-ring (bicyclic) bond motifs is 1. The Balaban J connectivity index is 1.94. The minimum Gasteiger partial charge on any atom is -0.365 e. The van der Waals surface area contributed by atoms with Gasteiger partial charge in [0.15, 0.2) is 0 Å². The Kier molecular flexibility index (Phi) is 3.67. The first-order valence-corrected chi connectivity index (χ1v) is 6.82. The van der Waals surface area contributed by atoms with Gasteiger partial charge >= 0.3 is 0 Å². The highest BCUT2D eigenvalue weighted by atomic mass is 19.1. The quantitative estimate of drug-likeness (QED) is 0.801. The lowest BCUT2D eigenvalue weighted by Gasteiger charge is -2.10. The van der Waals surface area contributed by atoms with Crippen LogP contribution in [0.25, 0.3) is 10.9 Å². The number of anilines is 1. The van der Waals surface area contributed by atoms with Crippen LogP contribution in [-0.2, 0) is 6.54 Å². The van der Waals surface area contributed by atoms with E-state index in [-0.39, 0.29) is 12.4 Å². The average Bonchev–Trinajstić information content (AvgIpc) is 2.54. The standard InChI is InChI=1S/C17H13FN4/c1-11-3-2-4-15-16(11)17(22-10-21-15)20-9-13-7-12(8-19)5-6-14(13)18/h2-7,10H,9H2,1H3,(H,20,21,22). The van der Waals surface area contributed by atoms with Crippen molar-refractivity contribution in [1.82, 2.24) is 9.97 Å². The van der Waals surface area contributed by atoms with Crippen LogP contribution in [0.15, 0.2) is 42.7 Å². The summed E-state index contributed by atoms with van der Waals surface area (Å²) >= 11 is 0. The topological polar surface area (TPSA) is 61.6 Å². The van der Waals surface area contributed by atoms with Gasteiger partial charge in [-0.15, -0.1) is 0 Å². The van der Waals surface area contributed by atoms with E-state index < -0.39 is 0 Å². The van der Waals surface area contributed by atoms with E-state index in [0.29, 0.717) is 16.9 Å². The van der Waals surface area contributed by atoms with Crippen molar-refractivity contribution < 1.29 is 4.39 Å². The molecule has 108 valence electrons. The molecule has 3 aromatic rings. The normalized spacial score (nSPS) is 10.4. The van der Waals surface area contributed by atoms with Crippen molar-refractivity contribution in [3.63, 3.8) is 0 Å². The Hall–Kier alpha value is -3.00. The predicted molar refractivity (Wildman–Crippen MR) is 82.7 cm³/mol. The number of halogens is 1. The lowest BCUT2D eigenvalue weighted by atomic mass is 10.1. The van der Waals surface area contributed by atoms with Crippen LogP contribution in [0.5, 0.6) is 0 Å². The molecule has 0 radical (unpaired) electrons. The average molecular weight is 292 g/mol. The number of benzene rings is 2. The van der Waals surface area contributed by atoms with Crippen LogP contribution >= 0.6 is 0 Å². The number of rotatable bonds is 3. The number of aromatic nitrogens is 2. The summed E-state index contributed by atoms with van der Waals surface area (Å²) in [4.78, 5) is 8.48. The van der Waals surface area contributed by atoms with Crippen LogP contribution in [0.3, 0.4) is 0 Å². The predicted octanol–water partition coefficient (Wildman–Crippen LogP) is 3.56. The highest BCUT2D eigenvalue weighted by molar-refractivity contribution is 5.91. The molecule has 2 aromatic carbocycles. The van der Waals surface area contributed by atoms with Crippen molar-refractivity contribution in [3.05, 3.63) is 65.2 Å². The molecule has 0 saturated carbocycles. The molecule has 0 bridgehead atoms. The van der Waals surface area contributed by atoms with Crippen molar-refractivity contribution in [2.45, 2.75) is 13.5 Å². The third-order valence-electron chi connectivity index (χ3n) is 3.49. The van der Waals surface area contributed by atoms with E-state index in [0.717, 1.165) is 16.5 Å². The molecule has 0 unspecified atom stereocenters. The van der Waals surface area contributed by atoms with E-state index in [1.165, 1.54) is 18.5 Å². The molecule has 4 nitrogen and oxygen atoms in total. The maximum absolute atomic E-state index is 13.8. The molecule has 0 atom stereocenters. The Bertz CT molecular complexity index is 878. The molecule has 0 aliphatic carbocycles. The lowest BCUT2D eigenvalue weighted by molar-refractivity contribution is 0.612. The number of hydrogen-bond donors (Lipinski definition) is 1. The minimum atomic E-state index is -0.346. The van der Waals surface area contributed by atoms with Crippen molar-refractivity contribution >= 4 is 16.7 Å². The molecular formula is C17H13FN4. The zero-order valence-electron chi connectivity index (χ0n) is 12.0. The molecule has 0 aliphatic heterocycles. The second-order valence-electron chi connectivity index (χ2n) is 4.96. The maximum Gasteiger partial charge on any atom is 0.137 e. The summed E-state index contributed by atoms with van der Waals surface area (Å²) in [5.41, 5.74) is 2.75. The molecule has 0 saturated heterocycles. The van der Waals surface area contributed by atoms with Gasteiger partial charge in [0, 0.05) is 17.5 Å². The van der Waals surface area contributed by atoms with Gasteiger partial charge in [0.05, 0.1) is 17.1 Å². The minimum absolute atomic E-state index is 0.252. The zero-order valence-corrected chi connectivity index (χ0v) is 12.0. The first kappa shape index (κ1) is 14.0. The maximum atomic E-state index is 13.8. The number of nitrogens with zero attached hydrogens (tertiary/aromatic N) is 3. The first-order valence-electron chi connectivity index (χ1n) is 6.82. The Morgan fingerprint density at radius 1 is 1.23 bits per heavy atom. The summed E-state index contributed by atoms with van der Waals surface area (Å²) in [5.74, 6) is 0.312. The van der Waals surface area contributed by atoms with Crippen LogP contribution in [0.2, 0.25) is 0 Å². The molecule has 5 heteroatoms. The molecule has 1 aromatic heterocycles. The van der Waals surface area contributed by atoms with Crippen LogP contribution < -0.4 is 5.32 Å². The van der Waals surface area contributed by atoms with Gasteiger partial charge < -0.3 is 5.32 Å². The largest absolute Gasteiger partial charge is 0.365 e. The zero-order chi connectivity index (χ0) is 15.5. The third-order valence-corrected chi connectivity index (χ3v) is 3.49.